The van der Waals surface area contributed by atoms with Gasteiger partial charge in [-0.1, -0.05) is 20.8 Å². The molecule has 1 atom stereocenters. The van der Waals surface area contributed by atoms with Crippen LogP contribution in [0.3, 0.4) is 0 Å². The minimum atomic E-state index is 0.479. The number of hydrogen-bond acceptors (Lipinski definition) is 3. The Morgan fingerprint density at radius 1 is 1.05 bits per heavy atom. The van der Waals surface area contributed by atoms with Crippen molar-refractivity contribution in [3.05, 3.63) is 22.8 Å². The average Bonchev–Trinajstić information content (AvgIpc) is 3.10. The quantitative estimate of drug-likeness (QED) is 0.853. The Balaban J connectivity index is 2.06. The molecule has 0 aromatic carbocycles. The fourth-order valence-corrected chi connectivity index (χ4v) is 2.68. The van der Waals surface area contributed by atoms with Crippen LogP contribution in [-0.4, -0.2) is 23.1 Å². The Morgan fingerprint density at radius 2 is 1.63 bits per heavy atom. The third-order valence-corrected chi connectivity index (χ3v) is 3.78. The van der Waals surface area contributed by atoms with E-state index in [1.165, 1.54) is 29.8 Å². The summed E-state index contributed by atoms with van der Waals surface area (Å²) < 4.78 is 0. The molecule has 1 N–H and O–H groups in total. The molecule has 1 unspecified atom stereocenters. The van der Waals surface area contributed by atoms with Crippen LogP contribution in [0.4, 0.5) is 0 Å². The van der Waals surface area contributed by atoms with Crippen LogP contribution in [-0.2, 0) is 0 Å². The van der Waals surface area contributed by atoms with Gasteiger partial charge in [-0.3, -0.25) is 0 Å². The number of aryl methyl sites for hydroxylation is 2. The molecule has 3 heteroatoms. The zero-order valence-electron chi connectivity index (χ0n) is 13.0. The molecule has 0 bridgehead atoms. The molecule has 1 aromatic heterocycles. The molecule has 1 aromatic rings. The third kappa shape index (κ3) is 3.75. The lowest BCUT2D eigenvalue weighted by molar-refractivity contribution is 0.525. The number of nitrogens with zero attached hydrogens (tertiary/aromatic N) is 2. The van der Waals surface area contributed by atoms with E-state index in [9.17, 15) is 0 Å². The molecule has 1 aliphatic rings. The van der Waals surface area contributed by atoms with Crippen LogP contribution in [0.15, 0.2) is 0 Å². The monoisotopic (exact) mass is 261 g/mol. The summed E-state index contributed by atoms with van der Waals surface area (Å²) in [7, 11) is 0. The second-order valence-electron chi connectivity index (χ2n) is 6.39. The van der Waals surface area contributed by atoms with Gasteiger partial charge in [0.1, 0.15) is 5.82 Å². The van der Waals surface area contributed by atoms with Gasteiger partial charge in [0.15, 0.2) is 0 Å². The van der Waals surface area contributed by atoms with Gasteiger partial charge < -0.3 is 5.32 Å². The highest BCUT2D eigenvalue weighted by molar-refractivity contribution is 5.29. The summed E-state index contributed by atoms with van der Waals surface area (Å²) in [5, 5.41) is 3.53. The summed E-state index contributed by atoms with van der Waals surface area (Å²) in [5.74, 6) is 2.89. The smallest absolute Gasteiger partial charge is 0.131 e. The maximum atomic E-state index is 4.72. The zero-order chi connectivity index (χ0) is 14.0. The van der Waals surface area contributed by atoms with Crippen molar-refractivity contribution in [1.29, 1.82) is 0 Å². The van der Waals surface area contributed by atoms with Crippen LogP contribution >= 0.6 is 0 Å². The molecule has 0 amide bonds. The normalized spacial score (nSPS) is 16.9. The van der Waals surface area contributed by atoms with E-state index < -0.39 is 0 Å². The van der Waals surface area contributed by atoms with Gasteiger partial charge >= 0.3 is 0 Å². The highest BCUT2D eigenvalue weighted by Gasteiger charge is 2.28. The van der Waals surface area contributed by atoms with Gasteiger partial charge in [0.05, 0.1) is 0 Å². The molecule has 0 saturated heterocycles. The number of aromatic nitrogens is 2. The Hall–Kier alpha value is -0.960. The molecule has 1 aliphatic carbocycles. The van der Waals surface area contributed by atoms with E-state index >= 15 is 0 Å². The second kappa shape index (κ2) is 6.00. The highest BCUT2D eigenvalue weighted by Crippen LogP contribution is 2.38. The predicted octanol–water partition coefficient (Wildman–Crippen LogP) is 3.32. The lowest BCUT2D eigenvalue weighted by Crippen LogP contribution is -2.25. The Kier molecular flexibility index (Phi) is 4.56. The largest absolute Gasteiger partial charge is 0.316 e. The summed E-state index contributed by atoms with van der Waals surface area (Å²) in [6.07, 6.45) is 2.54. The maximum absolute atomic E-state index is 4.72. The third-order valence-electron chi connectivity index (χ3n) is 3.78. The molecule has 0 radical (unpaired) electrons. The molecule has 19 heavy (non-hydrogen) atoms. The van der Waals surface area contributed by atoms with Crippen LogP contribution < -0.4 is 5.32 Å². The van der Waals surface area contributed by atoms with E-state index in [1.807, 2.05) is 0 Å². The van der Waals surface area contributed by atoms with Crippen molar-refractivity contribution in [2.75, 3.05) is 13.1 Å². The second-order valence-corrected chi connectivity index (χ2v) is 6.39. The summed E-state index contributed by atoms with van der Waals surface area (Å²) in [6.45, 7) is 13.1. The van der Waals surface area contributed by atoms with Crippen LogP contribution in [0.2, 0.25) is 0 Å². The first kappa shape index (κ1) is 14.4. The summed E-state index contributed by atoms with van der Waals surface area (Å²) in [5.41, 5.74) is 3.68. The molecule has 1 fully saturated rings. The lowest BCUT2D eigenvalue weighted by Gasteiger charge is -2.18. The summed E-state index contributed by atoms with van der Waals surface area (Å²) in [4.78, 5) is 9.44. The van der Waals surface area contributed by atoms with Gasteiger partial charge in [0, 0.05) is 23.9 Å². The van der Waals surface area contributed by atoms with E-state index in [1.54, 1.807) is 0 Å². The summed E-state index contributed by atoms with van der Waals surface area (Å²) >= 11 is 0. The number of nitrogens with one attached hydrogen (secondary N) is 1. The van der Waals surface area contributed by atoms with Gasteiger partial charge in [-0.15, -0.1) is 0 Å². The molecule has 2 rings (SSSR count). The van der Waals surface area contributed by atoms with Gasteiger partial charge in [-0.25, -0.2) is 9.97 Å². The molecule has 106 valence electrons. The Labute approximate surface area is 117 Å². The lowest BCUT2D eigenvalue weighted by atomic mass is 9.97. The SMILES string of the molecule is Cc1nc(C2CC2)nc(C)c1C(C)CNCC(C)C. The van der Waals surface area contributed by atoms with E-state index in [0.717, 1.165) is 18.9 Å². The van der Waals surface area contributed by atoms with Crippen molar-refractivity contribution in [1.82, 2.24) is 15.3 Å². The Bertz CT molecular complexity index is 413. The average molecular weight is 261 g/mol. The van der Waals surface area contributed by atoms with Gasteiger partial charge in [0.2, 0.25) is 0 Å². The standard InChI is InChI=1S/C16H27N3/c1-10(2)8-17-9-11(3)15-12(4)18-16(14-6-7-14)19-13(15)5/h10-11,14,17H,6-9H2,1-5H3. The Morgan fingerprint density at radius 3 is 2.11 bits per heavy atom. The minimum absolute atomic E-state index is 0.479. The van der Waals surface area contributed by atoms with Gasteiger partial charge in [-0.05, 0) is 50.6 Å². The fraction of sp³-hybridized carbons (Fsp3) is 0.750. The van der Waals surface area contributed by atoms with Crippen molar-refractivity contribution in [2.45, 2.75) is 59.3 Å². The molecule has 1 heterocycles. The topological polar surface area (TPSA) is 37.8 Å². The van der Waals surface area contributed by atoms with Crippen molar-refractivity contribution in [3.8, 4) is 0 Å². The first-order chi connectivity index (χ1) is 8.99. The maximum Gasteiger partial charge on any atom is 0.131 e. The molecular formula is C16H27N3. The van der Waals surface area contributed by atoms with Crippen molar-refractivity contribution in [2.24, 2.45) is 5.92 Å². The van der Waals surface area contributed by atoms with Gasteiger partial charge in [0.25, 0.3) is 0 Å². The highest BCUT2D eigenvalue weighted by atomic mass is 14.9. The molecular weight excluding hydrogens is 234 g/mol. The molecule has 3 nitrogen and oxygen atoms in total. The predicted molar refractivity (Wildman–Crippen MR) is 79.6 cm³/mol. The number of rotatable bonds is 6. The minimum Gasteiger partial charge on any atom is -0.316 e. The van der Waals surface area contributed by atoms with Crippen molar-refractivity contribution >= 4 is 0 Å². The molecule has 1 saturated carbocycles. The fourth-order valence-electron chi connectivity index (χ4n) is 2.68. The van der Waals surface area contributed by atoms with Crippen LogP contribution in [0.1, 0.15) is 68.2 Å². The van der Waals surface area contributed by atoms with Crippen molar-refractivity contribution in [3.63, 3.8) is 0 Å². The summed E-state index contributed by atoms with van der Waals surface area (Å²) in [6, 6.07) is 0. The van der Waals surface area contributed by atoms with E-state index in [-0.39, 0.29) is 0 Å². The van der Waals surface area contributed by atoms with Gasteiger partial charge in [-0.2, -0.15) is 0 Å². The van der Waals surface area contributed by atoms with E-state index in [4.69, 9.17) is 9.97 Å². The van der Waals surface area contributed by atoms with E-state index in [2.05, 4.69) is 39.9 Å². The first-order valence-corrected chi connectivity index (χ1v) is 7.54. The zero-order valence-corrected chi connectivity index (χ0v) is 13.0. The van der Waals surface area contributed by atoms with Crippen molar-refractivity contribution < 1.29 is 0 Å². The van der Waals surface area contributed by atoms with Crippen LogP contribution in [0.25, 0.3) is 0 Å². The van der Waals surface area contributed by atoms with E-state index in [0.29, 0.717) is 17.8 Å². The number of hydrogen-bond donors (Lipinski definition) is 1. The molecule has 0 spiro atoms. The first-order valence-electron chi connectivity index (χ1n) is 7.54. The molecule has 0 aliphatic heterocycles. The van der Waals surface area contributed by atoms with Crippen LogP contribution in [0, 0.1) is 19.8 Å². The van der Waals surface area contributed by atoms with Crippen LogP contribution in [0.5, 0.6) is 0 Å².